The van der Waals surface area contributed by atoms with Crippen molar-refractivity contribution in [3.63, 3.8) is 0 Å². The minimum absolute atomic E-state index is 0.00492. The van der Waals surface area contributed by atoms with Crippen molar-refractivity contribution in [2.75, 3.05) is 13.1 Å². The summed E-state index contributed by atoms with van der Waals surface area (Å²) in [6.07, 6.45) is 1.62. The zero-order valence-corrected chi connectivity index (χ0v) is 35.5. The third-order valence-corrected chi connectivity index (χ3v) is 11.0. The summed E-state index contributed by atoms with van der Waals surface area (Å²) in [5, 5.41) is 6.15. The van der Waals surface area contributed by atoms with Crippen molar-refractivity contribution in [2.45, 2.75) is 105 Å². The molecule has 0 bridgehead atoms. The molecule has 2 N–H and O–H groups in total. The van der Waals surface area contributed by atoms with E-state index in [9.17, 15) is 28.0 Å². The van der Waals surface area contributed by atoms with Crippen LogP contribution in [0.25, 0.3) is 0 Å². The Labute approximate surface area is 352 Å². The summed E-state index contributed by atoms with van der Waals surface area (Å²) in [7, 11) is 0. The molecule has 0 saturated carbocycles. The SMILES string of the molecule is Cc1cc(F)ccc1[C@@H]1C[C@@H](NC(=O)C(C)C)CCN1C(=O)OCc1ccccc1.Cc1cc(F)ccc1[C@H]1C[C@H](NC(=O)C(C)C)CCN1C(=O)OCc1ccccc1. The van der Waals surface area contributed by atoms with E-state index in [1.807, 2.05) is 102 Å². The molecule has 0 aromatic heterocycles. The third kappa shape index (κ3) is 12.6. The van der Waals surface area contributed by atoms with Gasteiger partial charge in [-0.15, -0.1) is 0 Å². The van der Waals surface area contributed by atoms with Gasteiger partial charge in [0, 0.05) is 37.0 Å². The monoisotopic (exact) mass is 824 g/mol. The molecule has 0 spiro atoms. The van der Waals surface area contributed by atoms with Crippen LogP contribution in [0.1, 0.15) is 98.8 Å². The lowest BCUT2D eigenvalue weighted by Crippen LogP contribution is -2.49. The number of piperidine rings is 2. The van der Waals surface area contributed by atoms with Gasteiger partial charge >= 0.3 is 12.2 Å². The first-order chi connectivity index (χ1) is 28.7. The first-order valence-electron chi connectivity index (χ1n) is 20.8. The minimum atomic E-state index is -0.402. The molecule has 2 fully saturated rings. The lowest BCUT2D eigenvalue weighted by molar-refractivity contribution is -0.126. The highest BCUT2D eigenvalue weighted by atomic mass is 19.1. The van der Waals surface area contributed by atoms with Crippen LogP contribution in [-0.4, -0.2) is 59.0 Å². The van der Waals surface area contributed by atoms with Gasteiger partial charge in [0.2, 0.25) is 11.8 Å². The second kappa shape index (κ2) is 21.5. The molecule has 2 saturated heterocycles. The van der Waals surface area contributed by atoms with E-state index in [1.54, 1.807) is 21.9 Å². The summed E-state index contributed by atoms with van der Waals surface area (Å²) >= 11 is 0. The van der Waals surface area contributed by atoms with Gasteiger partial charge in [0.05, 0.1) is 12.1 Å². The Morgan fingerprint density at radius 1 is 0.600 bits per heavy atom. The summed E-state index contributed by atoms with van der Waals surface area (Å²) in [5.41, 5.74) is 5.13. The molecule has 10 nitrogen and oxygen atoms in total. The fraction of sp³-hybridized carbons (Fsp3) is 0.417. The number of aryl methyl sites for hydroxylation is 2. The maximum Gasteiger partial charge on any atom is 0.410 e. The topological polar surface area (TPSA) is 117 Å². The summed E-state index contributed by atoms with van der Waals surface area (Å²) in [6, 6.07) is 27.6. The maximum atomic E-state index is 13.7. The number of halogens is 2. The summed E-state index contributed by atoms with van der Waals surface area (Å²) in [5.74, 6) is -0.844. The van der Waals surface area contributed by atoms with Crippen molar-refractivity contribution >= 4 is 24.0 Å². The number of ether oxygens (including phenoxy) is 2. The first-order valence-corrected chi connectivity index (χ1v) is 20.8. The predicted molar refractivity (Wildman–Crippen MR) is 226 cm³/mol. The second-order valence-corrected chi connectivity index (χ2v) is 16.3. The smallest absolute Gasteiger partial charge is 0.410 e. The van der Waals surface area contributed by atoms with Crippen LogP contribution in [0.2, 0.25) is 0 Å². The van der Waals surface area contributed by atoms with E-state index in [0.29, 0.717) is 38.8 Å². The number of hydrogen-bond acceptors (Lipinski definition) is 6. The quantitative estimate of drug-likeness (QED) is 0.165. The van der Waals surface area contributed by atoms with Gasteiger partial charge in [-0.1, -0.05) is 100 Å². The number of nitrogens with zero attached hydrogens (tertiary/aromatic N) is 2. The van der Waals surface area contributed by atoms with Crippen LogP contribution in [0.5, 0.6) is 0 Å². The van der Waals surface area contributed by atoms with Crippen LogP contribution < -0.4 is 10.6 Å². The zero-order chi connectivity index (χ0) is 43.3. The largest absolute Gasteiger partial charge is 0.445 e. The first kappa shape index (κ1) is 45.3. The van der Waals surface area contributed by atoms with Gasteiger partial charge in [-0.05, 0) is 97.2 Å². The summed E-state index contributed by atoms with van der Waals surface area (Å²) in [6.45, 7) is 12.4. The second-order valence-electron chi connectivity index (χ2n) is 16.3. The van der Waals surface area contributed by atoms with E-state index in [0.717, 1.165) is 33.4 Å². The highest BCUT2D eigenvalue weighted by molar-refractivity contribution is 5.78. The lowest BCUT2D eigenvalue weighted by Gasteiger charge is -2.40. The van der Waals surface area contributed by atoms with Crippen LogP contribution in [0, 0.1) is 37.3 Å². The van der Waals surface area contributed by atoms with E-state index < -0.39 is 12.2 Å². The molecule has 4 aromatic rings. The number of amides is 4. The van der Waals surface area contributed by atoms with Gasteiger partial charge in [0.25, 0.3) is 0 Å². The van der Waals surface area contributed by atoms with Gasteiger partial charge in [-0.2, -0.15) is 0 Å². The minimum Gasteiger partial charge on any atom is -0.445 e. The molecular weight excluding hydrogens is 767 g/mol. The lowest BCUT2D eigenvalue weighted by atomic mass is 9.89. The molecule has 12 heteroatoms. The van der Waals surface area contributed by atoms with Crippen molar-refractivity contribution in [2.24, 2.45) is 11.8 Å². The fourth-order valence-electron chi connectivity index (χ4n) is 7.59. The molecular formula is C48H58F2N4O6. The van der Waals surface area contributed by atoms with Crippen LogP contribution in [-0.2, 0) is 32.3 Å². The average molecular weight is 825 g/mol. The number of likely N-dealkylation sites (tertiary alicyclic amines) is 2. The van der Waals surface area contributed by atoms with Crippen molar-refractivity contribution in [1.82, 2.24) is 20.4 Å². The van der Waals surface area contributed by atoms with Crippen LogP contribution in [0.3, 0.4) is 0 Å². The van der Waals surface area contributed by atoms with Gasteiger partial charge < -0.3 is 29.9 Å². The molecule has 2 heterocycles. The van der Waals surface area contributed by atoms with Crippen LogP contribution in [0.15, 0.2) is 97.1 Å². The standard InChI is InChI=1S/2C24H29FN2O3/c2*1-16(2)23(28)26-20-11-12-27(24(29)30-15-18-7-5-4-6-8-18)22(14-20)21-10-9-19(25)13-17(21)3/h2*4-10,13,16,20,22H,11-12,14-15H2,1-3H3,(H,26,28)/t2*20-,22-/m10/s1. The van der Waals surface area contributed by atoms with Crippen molar-refractivity contribution in [1.29, 1.82) is 0 Å². The third-order valence-electron chi connectivity index (χ3n) is 11.0. The molecule has 60 heavy (non-hydrogen) atoms. The normalized spacial score (nSPS) is 18.9. The molecule has 2 aliphatic rings. The van der Waals surface area contributed by atoms with Crippen molar-refractivity contribution in [3.8, 4) is 0 Å². The van der Waals surface area contributed by atoms with Gasteiger partial charge in [-0.3, -0.25) is 9.59 Å². The molecule has 4 amide bonds. The summed E-state index contributed by atoms with van der Waals surface area (Å²) in [4.78, 5) is 53.6. The number of carbonyl (C=O) groups excluding carboxylic acids is 4. The maximum absolute atomic E-state index is 13.7. The Balaban J connectivity index is 0.000000228. The number of rotatable bonds is 10. The summed E-state index contributed by atoms with van der Waals surface area (Å²) < 4.78 is 38.4. The molecule has 320 valence electrons. The Kier molecular flexibility index (Phi) is 16.2. The molecule has 0 unspecified atom stereocenters. The molecule has 4 aromatic carbocycles. The Hall–Kier alpha value is -5.78. The molecule has 0 radical (unpaired) electrons. The number of hydrogen-bond donors (Lipinski definition) is 2. The molecule has 6 rings (SSSR count). The van der Waals surface area contributed by atoms with Gasteiger partial charge in [0.15, 0.2) is 0 Å². The van der Waals surface area contributed by atoms with E-state index in [1.165, 1.54) is 24.3 Å². The Bertz CT molecular complexity index is 1920. The van der Waals surface area contributed by atoms with Gasteiger partial charge in [-0.25, -0.2) is 18.4 Å². The number of carbonyl (C=O) groups is 4. The fourth-order valence-corrected chi connectivity index (χ4v) is 7.59. The number of nitrogens with one attached hydrogen (secondary N) is 2. The van der Waals surface area contributed by atoms with Crippen molar-refractivity contribution in [3.05, 3.63) is 142 Å². The Morgan fingerprint density at radius 2 is 0.967 bits per heavy atom. The molecule has 4 atom stereocenters. The highest BCUT2D eigenvalue weighted by Crippen LogP contribution is 2.35. The van der Waals surface area contributed by atoms with E-state index in [-0.39, 0.29) is 72.7 Å². The van der Waals surface area contributed by atoms with E-state index >= 15 is 0 Å². The van der Waals surface area contributed by atoms with E-state index in [4.69, 9.17) is 9.47 Å². The highest BCUT2D eigenvalue weighted by Gasteiger charge is 2.37. The average Bonchev–Trinajstić information content (AvgIpc) is 3.23. The zero-order valence-electron chi connectivity index (χ0n) is 35.5. The van der Waals surface area contributed by atoms with Crippen LogP contribution >= 0.6 is 0 Å². The van der Waals surface area contributed by atoms with Crippen molar-refractivity contribution < 1.29 is 37.4 Å². The predicted octanol–water partition coefficient (Wildman–Crippen LogP) is 9.50. The Morgan fingerprint density at radius 3 is 1.30 bits per heavy atom. The van der Waals surface area contributed by atoms with Crippen LogP contribution in [0.4, 0.5) is 18.4 Å². The number of benzene rings is 4. The van der Waals surface area contributed by atoms with E-state index in [2.05, 4.69) is 10.6 Å². The molecule has 2 aliphatic heterocycles. The van der Waals surface area contributed by atoms with Gasteiger partial charge in [0.1, 0.15) is 24.8 Å². The molecule has 0 aliphatic carbocycles.